The molecule has 0 aliphatic heterocycles. The van der Waals surface area contributed by atoms with Gasteiger partial charge in [-0.25, -0.2) is 4.39 Å². The highest BCUT2D eigenvalue weighted by Crippen LogP contribution is 2.19. The molecule has 2 aromatic carbocycles. The van der Waals surface area contributed by atoms with Crippen LogP contribution in [-0.2, 0) is 4.79 Å². The first-order valence-electron chi connectivity index (χ1n) is 8.19. The van der Waals surface area contributed by atoms with Gasteiger partial charge in [0.2, 0.25) is 0 Å². The molecule has 134 valence electrons. The predicted molar refractivity (Wildman–Crippen MR) is 101 cm³/mol. The summed E-state index contributed by atoms with van der Waals surface area (Å²) >= 11 is 3.41. The summed E-state index contributed by atoms with van der Waals surface area (Å²) in [7, 11) is 1.98. The second kappa shape index (κ2) is 9.53. The molecule has 0 aliphatic rings. The molecule has 1 atom stereocenters. The maximum absolute atomic E-state index is 12.8. The Morgan fingerprint density at radius 3 is 2.64 bits per heavy atom. The van der Waals surface area contributed by atoms with Crippen molar-refractivity contribution in [2.45, 2.75) is 13.3 Å². The van der Waals surface area contributed by atoms with E-state index in [0.717, 1.165) is 33.6 Å². The fourth-order valence-corrected chi connectivity index (χ4v) is 2.89. The number of hydrogen-bond donors (Lipinski definition) is 2. The van der Waals surface area contributed by atoms with Gasteiger partial charge in [-0.15, -0.1) is 0 Å². The topological polar surface area (TPSA) is 42.8 Å². The number of benzene rings is 2. The standard InChI is InChI=1S/C19H22BrFN2O2/c1-14-12-15(20)4-9-18(14)22-19(24)13-23(2)10-3-11-25-17-7-5-16(21)6-8-17/h4-9,12H,3,10-11,13H2,1-2H3,(H,22,24)/p+1. The average Bonchev–Trinajstić information content (AvgIpc) is 2.56. The number of anilines is 1. The van der Waals surface area contributed by atoms with Crippen LogP contribution in [0, 0.1) is 12.7 Å². The summed E-state index contributed by atoms with van der Waals surface area (Å²) < 4.78 is 19.4. The number of rotatable bonds is 8. The molecule has 0 radical (unpaired) electrons. The van der Waals surface area contributed by atoms with Crippen molar-refractivity contribution < 1.29 is 18.8 Å². The van der Waals surface area contributed by atoms with Crippen LogP contribution in [0.4, 0.5) is 10.1 Å². The van der Waals surface area contributed by atoms with Crippen molar-refractivity contribution in [2.24, 2.45) is 0 Å². The fraction of sp³-hybridized carbons (Fsp3) is 0.316. The molecular formula is C19H23BrFN2O2+. The average molecular weight is 410 g/mol. The molecule has 1 unspecified atom stereocenters. The SMILES string of the molecule is Cc1cc(Br)ccc1NC(=O)C[NH+](C)CCCOc1ccc(F)cc1. The van der Waals surface area contributed by atoms with Crippen molar-refractivity contribution in [1.82, 2.24) is 0 Å². The van der Waals surface area contributed by atoms with Crippen LogP contribution in [0.2, 0.25) is 0 Å². The molecule has 6 heteroatoms. The van der Waals surface area contributed by atoms with E-state index < -0.39 is 0 Å². The van der Waals surface area contributed by atoms with E-state index in [1.165, 1.54) is 12.1 Å². The van der Waals surface area contributed by atoms with Crippen molar-refractivity contribution in [1.29, 1.82) is 0 Å². The number of aryl methyl sites for hydroxylation is 1. The maximum atomic E-state index is 12.8. The molecule has 25 heavy (non-hydrogen) atoms. The van der Waals surface area contributed by atoms with Gasteiger partial charge in [-0.3, -0.25) is 4.79 Å². The number of hydrogen-bond acceptors (Lipinski definition) is 2. The first-order valence-corrected chi connectivity index (χ1v) is 8.99. The van der Waals surface area contributed by atoms with Gasteiger partial charge in [0.15, 0.2) is 6.54 Å². The molecule has 2 aromatic rings. The fourth-order valence-electron chi connectivity index (χ4n) is 2.42. The van der Waals surface area contributed by atoms with Crippen LogP contribution in [0.25, 0.3) is 0 Å². The second-order valence-electron chi connectivity index (χ2n) is 6.05. The minimum Gasteiger partial charge on any atom is -0.493 e. The number of carbonyl (C=O) groups is 1. The minimum absolute atomic E-state index is 0.0117. The van der Waals surface area contributed by atoms with Gasteiger partial charge in [0.25, 0.3) is 5.91 Å². The van der Waals surface area contributed by atoms with Crippen LogP contribution in [0.1, 0.15) is 12.0 Å². The molecule has 0 fully saturated rings. The molecule has 0 bridgehead atoms. The zero-order valence-corrected chi connectivity index (χ0v) is 16.0. The van der Waals surface area contributed by atoms with Crippen molar-refractivity contribution >= 4 is 27.5 Å². The molecular weight excluding hydrogens is 387 g/mol. The molecule has 0 aromatic heterocycles. The van der Waals surface area contributed by atoms with Gasteiger partial charge < -0.3 is 15.0 Å². The number of halogens is 2. The Balaban J connectivity index is 1.68. The van der Waals surface area contributed by atoms with E-state index in [-0.39, 0.29) is 11.7 Å². The van der Waals surface area contributed by atoms with Gasteiger partial charge in [0, 0.05) is 16.6 Å². The van der Waals surface area contributed by atoms with Crippen molar-refractivity contribution in [3.63, 3.8) is 0 Å². The quantitative estimate of drug-likeness (QED) is 0.658. The lowest BCUT2D eigenvalue weighted by atomic mass is 10.2. The summed E-state index contributed by atoms with van der Waals surface area (Å²) in [6.45, 7) is 3.71. The molecule has 4 nitrogen and oxygen atoms in total. The second-order valence-corrected chi connectivity index (χ2v) is 6.96. The number of quaternary nitrogens is 1. The maximum Gasteiger partial charge on any atom is 0.279 e. The van der Waals surface area contributed by atoms with E-state index >= 15 is 0 Å². The lowest BCUT2D eigenvalue weighted by molar-refractivity contribution is -0.871. The highest BCUT2D eigenvalue weighted by molar-refractivity contribution is 9.10. The Morgan fingerprint density at radius 1 is 1.24 bits per heavy atom. The monoisotopic (exact) mass is 409 g/mol. The van der Waals surface area contributed by atoms with Crippen LogP contribution in [0.5, 0.6) is 5.75 Å². The molecule has 1 amide bonds. The Kier molecular flexibility index (Phi) is 7.40. The molecule has 2 N–H and O–H groups in total. The summed E-state index contributed by atoms with van der Waals surface area (Å²) in [6, 6.07) is 11.7. The van der Waals surface area contributed by atoms with Crippen molar-refractivity contribution in [3.05, 3.63) is 58.3 Å². The molecule has 2 rings (SSSR count). The molecule has 0 heterocycles. The van der Waals surface area contributed by atoms with Gasteiger partial charge in [-0.05, 0) is 55.0 Å². The summed E-state index contributed by atoms with van der Waals surface area (Å²) in [5.74, 6) is 0.369. The predicted octanol–water partition coefficient (Wildman–Crippen LogP) is 2.82. The highest BCUT2D eigenvalue weighted by Gasteiger charge is 2.11. The van der Waals surface area contributed by atoms with Crippen LogP contribution in [0.15, 0.2) is 46.9 Å². The summed E-state index contributed by atoms with van der Waals surface area (Å²) in [5.41, 5.74) is 1.86. The van der Waals surface area contributed by atoms with Gasteiger partial charge in [-0.2, -0.15) is 0 Å². The van der Waals surface area contributed by atoms with Crippen molar-refractivity contribution in [3.8, 4) is 5.75 Å². The number of likely N-dealkylation sites (N-methyl/N-ethyl adjacent to an activating group) is 1. The zero-order valence-electron chi connectivity index (χ0n) is 14.4. The van der Waals surface area contributed by atoms with E-state index in [0.29, 0.717) is 18.9 Å². The Hall–Kier alpha value is -1.92. The summed E-state index contributed by atoms with van der Waals surface area (Å²) in [4.78, 5) is 13.2. The number of nitrogens with one attached hydrogen (secondary N) is 2. The number of carbonyl (C=O) groups excluding carboxylic acids is 1. The lowest BCUT2D eigenvalue weighted by Crippen LogP contribution is -3.10. The Labute approximate surface area is 156 Å². The first kappa shape index (κ1) is 19.4. The third kappa shape index (κ3) is 6.84. The number of amides is 1. The van der Waals surface area contributed by atoms with Gasteiger partial charge in [-0.1, -0.05) is 15.9 Å². The van der Waals surface area contributed by atoms with E-state index in [1.54, 1.807) is 12.1 Å². The van der Waals surface area contributed by atoms with Gasteiger partial charge in [0.1, 0.15) is 11.6 Å². The third-order valence-electron chi connectivity index (χ3n) is 3.76. The van der Waals surface area contributed by atoms with Crippen LogP contribution < -0.4 is 15.0 Å². The van der Waals surface area contributed by atoms with Crippen LogP contribution in [-0.4, -0.2) is 32.7 Å². The minimum atomic E-state index is -0.274. The van der Waals surface area contributed by atoms with Crippen LogP contribution >= 0.6 is 15.9 Å². The number of ether oxygens (including phenoxy) is 1. The highest BCUT2D eigenvalue weighted by atomic mass is 79.9. The molecule has 0 saturated carbocycles. The lowest BCUT2D eigenvalue weighted by Gasteiger charge is -2.15. The van der Waals surface area contributed by atoms with Crippen LogP contribution in [0.3, 0.4) is 0 Å². The van der Waals surface area contributed by atoms with E-state index in [9.17, 15) is 9.18 Å². The van der Waals surface area contributed by atoms with Gasteiger partial charge in [0.05, 0.1) is 20.2 Å². The largest absolute Gasteiger partial charge is 0.493 e. The normalized spacial score (nSPS) is 11.8. The van der Waals surface area contributed by atoms with E-state index in [2.05, 4.69) is 21.2 Å². The first-order chi connectivity index (χ1) is 11.9. The third-order valence-corrected chi connectivity index (χ3v) is 4.25. The van der Waals surface area contributed by atoms with E-state index in [4.69, 9.17) is 4.74 Å². The molecule has 0 aliphatic carbocycles. The smallest absolute Gasteiger partial charge is 0.279 e. The van der Waals surface area contributed by atoms with E-state index in [1.807, 2.05) is 32.2 Å². The summed E-state index contributed by atoms with van der Waals surface area (Å²) in [5, 5.41) is 2.94. The van der Waals surface area contributed by atoms with Crippen molar-refractivity contribution in [2.75, 3.05) is 32.1 Å². The Bertz CT molecular complexity index is 707. The van der Waals surface area contributed by atoms with Gasteiger partial charge >= 0.3 is 0 Å². The Morgan fingerprint density at radius 2 is 1.96 bits per heavy atom. The molecule has 0 spiro atoms. The zero-order chi connectivity index (χ0) is 18.2. The summed E-state index contributed by atoms with van der Waals surface area (Å²) in [6.07, 6.45) is 0.813. The molecule has 0 saturated heterocycles.